The zero-order valence-electron chi connectivity index (χ0n) is 17.2. The van der Waals surface area contributed by atoms with Crippen LogP contribution in [0.15, 0.2) is 11.4 Å². The van der Waals surface area contributed by atoms with E-state index in [2.05, 4.69) is 10.3 Å². The van der Waals surface area contributed by atoms with Gasteiger partial charge in [0.25, 0.3) is 5.91 Å². The van der Waals surface area contributed by atoms with Crippen LogP contribution in [-0.4, -0.2) is 50.1 Å². The molecular formula is C20H21N3O5S3. The van der Waals surface area contributed by atoms with Gasteiger partial charge in [0.2, 0.25) is 0 Å². The second-order valence-corrected chi connectivity index (χ2v) is 10.1. The molecule has 1 amide bonds. The Morgan fingerprint density at radius 1 is 1.19 bits per heavy atom. The number of rotatable bonds is 8. The molecule has 0 atom stereocenters. The van der Waals surface area contributed by atoms with E-state index in [-0.39, 0.29) is 6.61 Å². The van der Waals surface area contributed by atoms with Crippen LogP contribution in [0.2, 0.25) is 0 Å². The molecule has 1 fully saturated rings. The summed E-state index contributed by atoms with van der Waals surface area (Å²) in [4.78, 5) is 44.6. The topological polar surface area (TPSA) is 97.8 Å². The predicted octanol–water partition coefficient (Wildman–Crippen LogP) is 4.33. The molecular weight excluding hydrogens is 458 g/mol. The smallest absolute Gasteiger partial charge is 0.348 e. The van der Waals surface area contributed by atoms with Gasteiger partial charge in [0.15, 0.2) is 11.7 Å². The molecule has 3 heterocycles. The molecule has 8 nitrogen and oxygen atoms in total. The third-order valence-corrected chi connectivity index (χ3v) is 7.79. The van der Waals surface area contributed by atoms with E-state index in [0.717, 1.165) is 33.1 Å². The highest BCUT2D eigenvalue weighted by molar-refractivity contribution is 7.29. The molecule has 3 aromatic rings. The molecule has 0 saturated heterocycles. The molecule has 0 bridgehead atoms. The van der Waals surface area contributed by atoms with Crippen LogP contribution in [0.25, 0.3) is 9.53 Å². The molecule has 1 aliphatic carbocycles. The number of hydrogen-bond acceptors (Lipinski definition) is 10. The summed E-state index contributed by atoms with van der Waals surface area (Å²) in [7, 11) is 3.81. The second kappa shape index (κ2) is 8.93. The summed E-state index contributed by atoms with van der Waals surface area (Å²) < 4.78 is 11.2. The number of nitrogens with zero attached hydrogens (tertiary/aromatic N) is 2. The monoisotopic (exact) mass is 479 g/mol. The van der Waals surface area contributed by atoms with E-state index in [9.17, 15) is 14.4 Å². The maximum atomic E-state index is 12.4. The van der Waals surface area contributed by atoms with Gasteiger partial charge in [0.1, 0.15) is 14.7 Å². The SMILES string of the molecule is CCOC(=O)c1c(C2CC2)csc1NC(=O)COC(=O)c1cc2sc(N(C)C)nc2s1. The Balaban J connectivity index is 1.38. The summed E-state index contributed by atoms with van der Waals surface area (Å²) >= 11 is 4.00. The molecule has 0 radical (unpaired) electrons. The summed E-state index contributed by atoms with van der Waals surface area (Å²) in [5.41, 5.74) is 1.33. The number of esters is 2. The quantitative estimate of drug-likeness (QED) is 0.480. The summed E-state index contributed by atoms with van der Waals surface area (Å²) in [5, 5.41) is 5.87. The van der Waals surface area contributed by atoms with Gasteiger partial charge in [-0.3, -0.25) is 4.79 Å². The number of fused-ring (bicyclic) bond motifs is 1. The van der Waals surface area contributed by atoms with Gasteiger partial charge in [-0.2, -0.15) is 0 Å². The fourth-order valence-corrected chi connectivity index (χ4v) is 6.03. The molecule has 0 aromatic carbocycles. The fraction of sp³-hybridized carbons (Fsp3) is 0.400. The van der Waals surface area contributed by atoms with E-state index in [0.29, 0.717) is 21.4 Å². The number of amides is 1. The number of carbonyl (C=O) groups is 3. The first-order chi connectivity index (χ1) is 14.9. The van der Waals surface area contributed by atoms with Gasteiger partial charge in [-0.25, -0.2) is 14.6 Å². The first-order valence-electron chi connectivity index (χ1n) is 9.70. The summed E-state index contributed by atoms with van der Waals surface area (Å²) in [6, 6.07) is 1.73. The van der Waals surface area contributed by atoms with Crippen molar-refractivity contribution in [3.05, 3.63) is 27.5 Å². The second-order valence-electron chi connectivity index (χ2n) is 7.19. The number of ether oxygens (including phenoxy) is 2. The van der Waals surface area contributed by atoms with Crippen LogP contribution in [0.5, 0.6) is 0 Å². The molecule has 0 aliphatic heterocycles. The zero-order valence-corrected chi connectivity index (χ0v) is 19.7. The number of nitrogens with one attached hydrogen (secondary N) is 1. The lowest BCUT2D eigenvalue weighted by Crippen LogP contribution is -2.21. The number of anilines is 2. The van der Waals surface area contributed by atoms with E-state index in [1.807, 2.05) is 24.4 Å². The molecule has 3 aromatic heterocycles. The lowest BCUT2D eigenvalue weighted by Gasteiger charge is -2.08. The maximum Gasteiger partial charge on any atom is 0.348 e. The van der Waals surface area contributed by atoms with Crippen molar-refractivity contribution in [1.82, 2.24) is 4.98 Å². The van der Waals surface area contributed by atoms with Gasteiger partial charge >= 0.3 is 11.9 Å². The number of carbonyl (C=O) groups excluding carboxylic acids is 3. The summed E-state index contributed by atoms with van der Waals surface area (Å²) in [6.45, 7) is 1.55. The van der Waals surface area contributed by atoms with Crippen molar-refractivity contribution in [2.24, 2.45) is 0 Å². The highest BCUT2D eigenvalue weighted by Gasteiger charge is 2.32. The molecule has 4 rings (SSSR count). The minimum atomic E-state index is -0.577. The number of thiazole rings is 1. The highest BCUT2D eigenvalue weighted by atomic mass is 32.1. The van der Waals surface area contributed by atoms with Gasteiger partial charge < -0.3 is 19.7 Å². The number of thiophene rings is 2. The zero-order chi connectivity index (χ0) is 22.1. The molecule has 164 valence electrons. The minimum Gasteiger partial charge on any atom is -0.462 e. The van der Waals surface area contributed by atoms with Gasteiger partial charge in [-0.15, -0.1) is 22.7 Å². The molecule has 11 heteroatoms. The number of aromatic nitrogens is 1. The Morgan fingerprint density at radius 3 is 2.61 bits per heavy atom. The third-order valence-electron chi connectivity index (χ3n) is 4.57. The van der Waals surface area contributed by atoms with Crippen molar-refractivity contribution in [2.45, 2.75) is 25.7 Å². The number of hydrogen-bond donors (Lipinski definition) is 1. The normalized spacial score (nSPS) is 13.3. The molecule has 1 N–H and O–H groups in total. The lowest BCUT2D eigenvalue weighted by atomic mass is 10.1. The van der Waals surface area contributed by atoms with E-state index in [1.54, 1.807) is 13.0 Å². The van der Waals surface area contributed by atoms with Crippen molar-refractivity contribution in [3.63, 3.8) is 0 Å². The summed E-state index contributed by atoms with van der Waals surface area (Å²) in [6.07, 6.45) is 2.05. The summed E-state index contributed by atoms with van der Waals surface area (Å²) in [5.74, 6) is -1.18. The van der Waals surface area contributed by atoms with E-state index in [1.165, 1.54) is 34.0 Å². The first kappa shape index (κ1) is 21.7. The Labute approximate surface area is 190 Å². The van der Waals surface area contributed by atoms with Crippen LogP contribution in [0.4, 0.5) is 10.1 Å². The van der Waals surface area contributed by atoms with Crippen molar-refractivity contribution >= 4 is 71.5 Å². The van der Waals surface area contributed by atoms with Crippen molar-refractivity contribution in [2.75, 3.05) is 37.5 Å². The van der Waals surface area contributed by atoms with Crippen LogP contribution < -0.4 is 10.2 Å². The molecule has 31 heavy (non-hydrogen) atoms. The Morgan fingerprint density at radius 2 is 1.97 bits per heavy atom. The maximum absolute atomic E-state index is 12.4. The first-order valence-corrected chi connectivity index (χ1v) is 12.2. The standard InChI is InChI=1S/C20H21N3O5S3/c1-4-27-19(26)15-11(10-5-6-10)9-29-17(15)21-14(24)8-28-18(25)13-7-12-16(30-13)22-20(31-12)23(2)3/h7,9-10H,4-6,8H2,1-3H3,(H,21,24). The van der Waals surface area contributed by atoms with Gasteiger partial charge in [-0.1, -0.05) is 11.3 Å². The molecule has 0 unspecified atom stereocenters. The van der Waals surface area contributed by atoms with Crippen LogP contribution in [0.3, 0.4) is 0 Å². The van der Waals surface area contributed by atoms with Gasteiger partial charge in [0, 0.05) is 14.1 Å². The third kappa shape index (κ3) is 4.73. The van der Waals surface area contributed by atoms with Crippen molar-refractivity contribution in [3.8, 4) is 0 Å². The molecule has 0 spiro atoms. The van der Waals surface area contributed by atoms with Crippen molar-refractivity contribution < 1.29 is 23.9 Å². The minimum absolute atomic E-state index is 0.257. The Hall–Kier alpha value is -2.50. The predicted molar refractivity (Wildman–Crippen MR) is 123 cm³/mol. The van der Waals surface area contributed by atoms with Gasteiger partial charge in [-0.05, 0) is 42.7 Å². The van der Waals surface area contributed by atoms with E-state index < -0.39 is 24.5 Å². The van der Waals surface area contributed by atoms with E-state index in [4.69, 9.17) is 9.47 Å². The van der Waals surface area contributed by atoms with Crippen LogP contribution in [-0.2, 0) is 14.3 Å². The molecule has 1 aliphatic rings. The average molecular weight is 480 g/mol. The van der Waals surface area contributed by atoms with Crippen LogP contribution >= 0.6 is 34.0 Å². The Kier molecular flexibility index (Phi) is 6.26. The van der Waals surface area contributed by atoms with Gasteiger partial charge in [0.05, 0.1) is 16.9 Å². The average Bonchev–Trinajstić information content (AvgIpc) is 3.17. The lowest BCUT2D eigenvalue weighted by molar-refractivity contribution is -0.119. The molecule has 1 saturated carbocycles. The Bertz CT molecular complexity index is 1110. The highest BCUT2D eigenvalue weighted by Crippen LogP contribution is 2.46. The fourth-order valence-electron chi connectivity index (χ4n) is 2.95. The van der Waals surface area contributed by atoms with Crippen LogP contribution in [0.1, 0.15) is 51.3 Å². The largest absolute Gasteiger partial charge is 0.462 e. The van der Waals surface area contributed by atoms with Crippen molar-refractivity contribution in [1.29, 1.82) is 0 Å². The van der Waals surface area contributed by atoms with Crippen LogP contribution in [0, 0.1) is 0 Å². The van der Waals surface area contributed by atoms with E-state index >= 15 is 0 Å².